The summed E-state index contributed by atoms with van der Waals surface area (Å²) in [6.45, 7) is 1.83. The Morgan fingerprint density at radius 2 is 1.67 bits per heavy atom. The molecule has 3 aromatic rings. The Morgan fingerprint density at radius 3 is 2.33 bits per heavy atom. The maximum absolute atomic E-state index is 10.6. The summed E-state index contributed by atoms with van der Waals surface area (Å²) in [5.74, 6) is 6.63. The van der Waals surface area contributed by atoms with E-state index in [0.29, 0.717) is 18.1 Å². The molecular weight excluding hydrogens is 376 g/mol. The van der Waals surface area contributed by atoms with Gasteiger partial charge >= 0.3 is 5.97 Å². The first-order chi connectivity index (χ1) is 14.6. The van der Waals surface area contributed by atoms with Gasteiger partial charge in [0.05, 0.1) is 0 Å². The Morgan fingerprint density at radius 1 is 0.967 bits per heavy atom. The van der Waals surface area contributed by atoms with Crippen LogP contribution >= 0.6 is 0 Å². The second-order valence-electron chi connectivity index (χ2n) is 6.52. The van der Waals surface area contributed by atoms with Gasteiger partial charge in [0.1, 0.15) is 18.1 Å². The molecule has 3 rings (SSSR count). The van der Waals surface area contributed by atoms with Crippen LogP contribution in [0, 0.1) is 18.8 Å². The molecule has 0 aromatic heterocycles. The molecule has 0 aliphatic heterocycles. The van der Waals surface area contributed by atoms with Crippen LogP contribution in [0.3, 0.4) is 0 Å². The van der Waals surface area contributed by atoms with Crippen LogP contribution in [0.4, 0.5) is 0 Å². The first kappa shape index (κ1) is 20.8. The van der Waals surface area contributed by atoms with E-state index in [0.717, 1.165) is 22.3 Å². The predicted octanol–water partition coefficient (Wildman–Crippen LogP) is 4.97. The summed E-state index contributed by atoms with van der Waals surface area (Å²) in [5, 5.41) is 8.73. The predicted molar refractivity (Wildman–Crippen MR) is 118 cm³/mol. The number of hydrogen-bond donors (Lipinski definition) is 1. The third-order valence-electron chi connectivity index (χ3n) is 4.24. The third-order valence-corrected chi connectivity index (χ3v) is 4.24. The average molecular weight is 398 g/mol. The second kappa shape index (κ2) is 10.5. The van der Waals surface area contributed by atoms with Crippen molar-refractivity contribution >= 4 is 11.5 Å². The molecule has 0 aliphatic rings. The van der Waals surface area contributed by atoms with Crippen LogP contribution in [0.25, 0.3) is 5.57 Å². The zero-order chi connectivity index (χ0) is 21.2. The van der Waals surface area contributed by atoms with E-state index in [9.17, 15) is 4.79 Å². The number of ether oxygens (including phenoxy) is 2. The quantitative estimate of drug-likeness (QED) is 0.571. The zero-order valence-corrected chi connectivity index (χ0v) is 16.7. The molecule has 0 saturated heterocycles. The zero-order valence-electron chi connectivity index (χ0n) is 16.7. The lowest BCUT2D eigenvalue weighted by Crippen LogP contribution is -2.10. The molecule has 0 bridgehead atoms. The maximum Gasteiger partial charge on any atom is 0.341 e. The smallest absolute Gasteiger partial charge is 0.341 e. The van der Waals surface area contributed by atoms with E-state index in [4.69, 9.17) is 14.6 Å². The molecule has 0 amide bonds. The normalized spacial score (nSPS) is 10.6. The van der Waals surface area contributed by atoms with E-state index < -0.39 is 5.97 Å². The van der Waals surface area contributed by atoms with Crippen LogP contribution in [-0.4, -0.2) is 24.3 Å². The molecule has 0 fully saturated rings. The summed E-state index contributed by atoms with van der Waals surface area (Å²) < 4.78 is 11.1. The number of allylic oxidation sites excluding steroid dienone is 1. The molecule has 0 atom stereocenters. The summed E-state index contributed by atoms with van der Waals surface area (Å²) in [4.78, 5) is 10.6. The number of carboxylic acid groups (broad SMARTS) is 1. The molecule has 4 nitrogen and oxygen atoms in total. The van der Waals surface area contributed by atoms with Crippen LogP contribution in [0.2, 0.25) is 0 Å². The molecule has 0 heterocycles. The van der Waals surface area contributed by atoms with Gasteiger partial charge in [0.25, 0.3) is 0 Å². The van der Waals surface area contributed by atoms with Gasteiger partial charge in [-0.25, -0.2) is 4.79 Å². The van der Waals surface area contributed by atoms with Crippen molar-refractivity contribution in [1.82, 2.24) is 0 Å². The van der Waals surface area contributed by atoms with Crippen molar-refractivity contribution in [2.75, 3.05) is 13.2 Å². The van der Waals surface area contributed by atoms with Crippen LogP contribution < -0.4 is 9.47 Å². The molecule has 3 aromatic carbocycles. The first-order valence-electron chi connectivity index (χ1n) is 9.52. The van der Waals surface area contributed by atoms with E-state index in [2.05, 4.69) is 11.8 Å². The van der Waals surface area contributed by atoms with Gasteiger partial charge in [-0.05, 0) is 54.5 Å². The number of aliphatic carboxylic acids is 1. The topological polar surface area (TPSA) is 55.8 Å². The van der Waals surface area contributed by atoms with Crippen molar-refractivity contribution in [3.8, 4) is 23.3 Å². The summed E-state index contributed by atoms with van der Waals surface area (Å²) in [6, 6.07) is 25.1. The molecule has 0 saturated carbocycles. The fourth-order valence-electron chi connectivity index (χ4n) is 2.75. The minimum absolute atomic E-state index is 0.350. The highest BCUT2D eigenvalue weighted by Gasteiger charge is 2.05. The Bertz CT molecular complexity index is 1070. The third kappa shape index (κ3) is 6.29. The first-order valence-corrected chi connectivity index (χ1v) is 9.52. The number of benzene rings is 3. The highest BCUT2D eigenvalue weighted by molar-refractivity contribution is 5.79. The largest absolute Gasteiger partial charge is 0.489 e. The van der Waals surface area contributed by atoms with Crippen LogP contribution in [0.1, 0.15) is 16.7 Å². The van der Waals surface area contributed by atoms with E-state index in [1.807, 2.05) is 79.7 Å². The van der Waals surface area contributed by atoms with Crippen molar-refractivity contribution in [2.24, 2.45) is 0 Å². The fourth-order valence-corrected chi connectivity index (χ4v) is 2.75. The molecular formula is C26H22O4. The van der Waals surface area contributed by atoms with Gasteiger partial charge in [-0.1, -0.05) is 60.4 Å². The summed E-state index contributed by atoms with van der Waals surface area (Å²) in [7, 11) is 0. The SMILES string of the molecule is Cc1cc(OC/C=C(\C#Cc2ccccc2)c2ccccc2)ccc1OCC(=O)O. The molecule has 0 radical (unpaired) electrons. The van der Waals surface area contributed by atoms with Crippen molar-refractivity contribution in [3.05, 3.63) is 102 Å². The average Bonchev–Trinajstić information content (AvgIpc) is 2.76. The second-order valence-corrected chi connectivity index (χ2v) is 6.52. The summed E-state index contributed by atoms with van der Waals surface area (Å²) in [5.41, 5.74) is 3.67. The number of carbonyl (C=O) groups is 1. The number of hydrogen-bond acceptors (Lipinski definition) is 3. The van der Waals surface area contributed by atoms with E-state index in [-0.39, 0.29) is 6.61 Å². The lowest BCUT2D eigenvalue weighted by Gasteiger charge is -2.10. The van der Waals surface area contributed by atoms with E-state index in [1.165, 1.54) is 0 Å². The number of carboxylic acids is 1. The Hall–Kier alpha value is -3.97. The minimum atomic E-state index is -1.01. The van der Waals surface area contributed by atoms with Crippen molar-refractivity contribution < 1.29 is 19.4 Å². The Kier molecular flexibility index (Phi) is 7.29. The molecule has 0 aliphatic carbocycles. The van der Waals surface area contributed by atoms with Gasteiger partial charge < -0.3 is 14.6 Å². The standard InChI is InChI=1S/C26H22O4/c1-20-18-24(14-15-25(20)30-19-26(27)28)29-17-16-23(22-10-6-3-7-11-22)13-12-21-8-4-2-5-9-21/h2-11,14-16,18H,17,19H2,1H3,(H,27,28)/b23-16+. The lowest BCUT2D eigenvalue weighted by atomic mass is 10.1. The molecule has 30 heavy (non-hydrogen) atoms. The number of rotatable bonds is 7. The van der Waals surface area contributed by atoms with Crippen molar-refractivity contribution in [3.63, 3.8) is 0 Å². The van der Waals surface area contributed by atoms with Crippen LogP contribution in [0.5, 0.6) is 11.5 Å². The molecule has 1 N–H and O–H groups in total. The van der Waals surface area contributed by atoms with Gasteiger partial charge in [-0.15, -0.1) is 0 Å². The highest BCUT2D eigenvalue weighted by Crippen LogP contribution is 2.23. The van der Waals surface area contributed by atoms with Gasteiger partial charge in [0.15, 0.2) is 6.61 Å². The fraction of sp³-hybridized carbons (Fsp3) is 0.115. The van der Waals surface area contributed by atoms with Crippen LogP contribution in [-0.2, 0) is 4.79 Å². The van der Waals surface area contributed by atoms with Crippen LogP contribution in [0.15, 0.2) is 84.9 Å². The van der Waals surface area contributed by atoms with E-state index in [1.54, 1.807) is 12.1 Å². The summed E-state index contributed by atoms with van der Waals surface area (Å²) in [6.07, 6.45) is 1.95. The number of aryl methyl sites for hydroxylation is 1. The highest BCUT2D eigenvalue weighted by atomic mass is 16.5. The van der Waals surface area contributed by atoms with Gasteiger partial charge in [0.2, 0.25) is 0 Å². The molecule has 0 spiro atoms. The monoisotopic (exact) mass is 398 g/mol. The van der Waals surface area contributed by atoms with Gasteiger partial charge in [-0.3, -0.25) is 0 Å². The van der Waals surface area contributed by atoms with Crippen molar-refractivity contribution in [2.45, 2.75) is 6.92 Å². The molecule has 150 valence electrons. The maximum atomic E-state index is 10.6. The van der Waals surface area contributed by atoms with Crippen molar-refractivity contribution in [1.29, 1.82) is 0 Å². The molecule has 4 heteroatoms. The Labute approximate surface area is 176 Å². The minimum Gasteiger partial charge on any atom is -0.489 e. The van der Waals surface area contributed by atoms with E-state index >= 15 is 0 Å². The van der Waals surface area contributed by atoms with Gasteiger partial charge in [-0.2, -0.15) is 0 Å². The summed E-state index contributed by atoms with van der Waals surface area (Å²) >= 11 is 0. The Balaban J connectivity index is 1.73. The van der Waals surface area contributed by atoms with Gasteiger partial charge in [0, 0.05) is 11.1 Å². The lowest BCUT2D eigenvalue weighted by molar-refractivity contribution is -0.139. The molecule has 0 unspecified atom stereocenters.